The molecular formula is C18H16ClN5O2S. The Morgan fingerprint density at radius 1 is 1.26 bits per heavy atom. The van der Waals surface area contributed by atoms with Crippen LogP contribution in [0.4, 0.5) is 5.13 Å². The molecule has 1 aromatic carbocycles. The average molecular weight is 402 g/mol. The van der Waals surface area contributed by atoms with Crippen LogP contribution < -0.4 is 15.4 Å². The second-order valence-electron chi connectivity index (χ2n) is 5.90. The molecule has 0 spiro atoms. The number of aromatic nitrogens is 3. The van der Waals surface area contributed by atoms with E-state index in [0.29, 0.717) is 26.6 Å². The van der Waals surface area contributed by atoms with Gasteiger partial charge in [-0.3, -0.25) is 10.1 Å². The van der Waals surface area contributed by atoms with E-state index in [1.54, 1.807) is 18.2 Å². The smallest absolute Gasteiger partial charge is 0.276 e. The number of carbonyl (C=O) groups is 1. The lowest BCUT2D eigenvalue weighted by Gasteiger charge is -2.16. The van der Waals surface area contributed by atoms with Crippen molar-refractivity contribution in [3.63, 3.8) is 0 Å². The number of nitrogens with one attached hydrogen (secondary N) is 2. The lowest BCUT2D eigenvalue weighted by molar-refractivity contribution is 0.102. The van der Waals surface area contributed by atoms with Crippen LogP contribution in [-0.4, -0.2) is 27.6 Å². The molecule has 138 valence electrons. The Morgan fingerprint density at radius 3 is 3.04 bits per heavy atom. The second-order valence-corrected chi connectivity index (χ2v) is 7.37. The maximum absolute atomic E-state index is 12.4. The zero-order chi connectivity index (χ0) is 18.6. The molecule has 1 aliphatic heterocycles. The summed E-state index contributed by atoms with van der Waals surface area (Å²) in [6.07, 6.45) is 0.818. The van der Waals surface area contributed by atoms with E-state index in [0.717, 1.165) is 30.8 Å². The van der Waals surface area contributed by atoms with Gasteiger partial charge < -0.3 is 10.1 Å². The molecule has 1 aliphatic rings. The molecule has 3 aromatic rings. The summed E-state index contributed by atoms with van der Waals surface area (Å²) in [6, 6.07) is 10.9. The van der Waals surface area contributed by atoms with E-state index in [1.807, 2.05) is 18.2 Å². The summed E-state index contributed by atoms with van der Waals surface area (Å²) in [5, 5.41) is 15.6. The Kier molecular flexibility index (Phi) is 5.28. The summed E-state index contributed by atoms with van der Waals surface area (Å²) in [7, 11) is 0. The van der Waals surface area contributed by atoms with Crippen molar-refractivity contribution in [2.24, 2.45) is 0 Å². The molecule has 0 saturated heterocycles. The Morgan fingerprint density at radius 2 is 2.15 bits per heavy atom. The minimum Gasteiger partial charge on any atom is -0.485 e. The lowest BCUT2D eigenvalue weighted by atomic mass is 10.1. The van der Waals surface area contributed by atoms with Gasteiger partial charge in [0, 0.05) is 25.2 Å². The van der Waals surface area contributed by atoms with Crippen LogP contribution in [0.25, 0.3) is 0 Å². The third-order valence-corrected chi connectivity index (χ3v) is 5.15. The van der Waals surface area contributed by atoms with E-state index in [9.17, 15) is 4.79 Å². The van der Waals surface area contributed by atoms with E-state index >= 15 is 0 Å². The van der Waals surface area contributed by atoms with E-state index in [4.69, 9.17) is 16.3 Å². The standard InChI is InChI=1S/C18H16ClN5O2S/c19-12-3-1-2-4-15(12)26-10-16-23-24-18(27-16)22-17(25)14-6-5-11-9-20-8-7-13(11)21-14/h1-6,20H,7-10H2,(H,22,24,25). The van der Waals surface area contributed by atoms with Gasteiger partial charge in [-0.2, -0.15) is 0 Å². The van der Waals surface area contributed by atoms with Crippen LogP contribution in [0.3, 0.4) is 0 Å². The molecule has 7 nitrogen and oxygen atoms in total. The molecule has 3 heterocycles. The van der Waals surface area contributed by atoms with Crippen LogP contribution in [0.5, 0.6) is 5.75 Å². The number of amides is 1. The first kappa shape index (κ1) is 17.8. The molecule has 0 atom stereocenters. The first-order chi connectivity index (χ1) is 13.2. The topological polar surface area (TPSA) is 89.0 Å². The summed E-state index contributed by atoms with van der Waals surface area (Å²) in [5.41, 5.74) is 2.47. The van der Waals surface area contributed by atoms with Crippen LogP contribution in [0.1, 0.15) is 26.8 Å². The number of hydrogen-bond acceptors (Lipinski definition) is 7. The number of anilines is 1. The van der Waals surface area contributed by atoms with E-state index in [2.05, 4.69) is 25.8 Å². The largest absolute Gasteiger partial charge is 0.485 e. The molecular weight excluding hydrogens is 386 g/mol. The molecule has 0 saturated carbocycles. The SMILES string of the molecule is O=C(Nc1nnc(COc2ccccc2Cl)s1)c1ccc2c(n1)CCNC2. The number of fused-ring (bicyclic) bond motifs is 1. The van der Waals surface area contributed by atoms with Crippen LogP contribution in [0.2, 0.25) is 5.02 Å². The maximum atomic E-state index is 12.4. The molecule has 0 fully saturated rings. The highest BCUT2D eigenvalue weighted by atomic mass is 35.5. The lowest BCUT2D eigenvalue weighted by Crippen LogP contribution is -2.25. The quantitative estimate of drug-likeness (QED) is 0.683. The first-order valence-electron chi connectivity index (χ1n) is 8.39. The highest BCUT2D eigenvalue weighted by Crippen LogP contribution is 2.25. The number of halogens is 1. The number of rotatable bonds is 5. The normalized spacial score (nSPS) is 13.1. The summed E-state index contributed by atoms with van der Waals surface area (Å²) in [4.78, 5) is 16.9. The number of carbonyl (C=O) groups excluding carboxylic acids is 1. The number of pyridine rings is 1. The number of hydrogen-bond donors (Lipinski definition) is 2. The van der Waals surface area contributed by atoms with Crippen LogP contribution in [0, 0.1) is 0 Å². The molecule has 0 radical (unpaired) electrons. The van der Waals surface area contributed by atoms with Crippen LogP contribution in [0.15, 0.2) is 36.4 Å². The van der Waals surface area contributed by atoms with Crippen molar-refractivity contribution in [2.45, 2.75) is 19.6 Å². The van der Waals surface area contributed by atoms with Gasteiger partial charge in [-0.1, -0.05) is 41.1 Å². The summed E-state index contributed by atoms with van der Waals surface area (Å²) >= 11 is 7.31. The van der Waals surface area contributed by atoms with E-state index < -0.39 is 0 Å². The van der Waals surface area contributed by atoms with Crippen molar-refractivity contribution in [1.82, 2.24) is 20.5 Å². The Balaban J connectivity index is 1.39. The zero-order valence-electron chi connectivity index (χ0n) is 14.2. The molecule has 0 aliphatic carbocycles. The fraction of sp³-hybridized carbons (Fsp3) is 0.222. The highest BCUT2D eigenvalue weighted by molar-refractivity contribution is 7.15. The number of ether oxygens (including phenoxy) is 1. The van der Waals surface area contributed by atoms with Crippen molar-refractivity contribution in [3.05, 3.63) is 63.4 Å². The third kappa shape index (κ3) is 4.24. The van der Waals surface area contributed by atoms with Gasteiger partial charge in [0.15, 0.2) is 5.01 Å². The van der Waals surface area contributed by atoms with Crippen molar-refractivity contribution >= 4 is 34.0 Å². The number of benzene rings is 1. The van der Waals surface area contributed by atoms with E-state index in [-0.39, 0.29) is 12.5 Å². The molecule has 2 N–H and O–H groups in total. The third-order valence-electron chi connectivity index (χ3n) is 4.03. The van der Waals surface area contributed by atoms with Gasteiger partial charge >= 0.3 is 0 Å². The van der Waals surface area contributed by atoms with Crippen LogP contribution in [-0.2, 0) is 19.6 Å². The summed E-state index contributed by atoms with van der Waals surface area (Å²) in [5.74, 6) is 0.277. The molecule has 9 heteroatoms. The maximum Gasteiger partial charge on any atom is 0.276 e. The fourth-order valence-electron chi connectivity index (χ4n) is 2.69. The van der Waals surface area contributed by atoms with Crippen molar-refractivity contribution < 1.29 is 9.53 Å². The van der Waals surface area contributed by atoms with Crippen molar-refractivity contribution in [2.75, 3.05) is 11.9 Å². The average Bonchev–Trinajstić information content (AvgIpc) is 3.14. The minimum absolute atomic E-state index is 0.224. The van der Waals surface area contributed by atoms with Gasteiger partial charge in [-0.15, -0.1) is 10.2 Å². The first-order valence-corrected chi connectivity index (χ1v) is 9.59. The van der Waals surface area contributed by atoms with Crippen molar-refractivity contribution in [1.29, 1.82) is 0 Å². The van der Waals surface area contributed by atoms with Gasteiger partial charge in [-0.25, -0.2) is 4.98 Å². The van der Waals surface area contributed by atoms with Gasteiger partial charge in [0.1, 0.15) is 18.1 Å². The predicted molar refractivity (Wildman–Crippen MR) is 103 cm³/mol. The molecule has 0 unspecified atom stereocenters. The van der Waals surface area contributed by atoms with Gasteiger partial charge in [0.05, 0.1) is 5.02 Å². The number of nitrogens with zero attached hydrogens (tertiary/aromatic N) is 3. The predicted octanol–water partition coefficient (Wildman–Crippen LogP) is 3.06. The summed E-state index contributed by atoms with van der Waals surface area (Å²) in [6.45, 7) is 1.88. The molecule has 0 bridgehead atoms. The summed E-state index contributed by atoms with van der Waals surface area (Å²) < 4.78 is 5.63. The Labute approximate surface area is 164 Å². The van der Waals surface area contributed by atoms with Gasteiger partial charge in [-0.05, 0) is 23.8 Å². The Bertz CT molecular complexity index is 978. The molecule has 4 rings (SSSR count). The number of para-hydroxylation sites is 1. The monoisotopic (exact) mass is 401 g/mol. The van der Waals surface area contributed by atoms with Gasteiger partial charge in [0.25, 0.3) is 5.91 Å². The molecule has 1 amide bonds. The second kappa shape index (κ2) is 7.99. The van der Waals surface area contributed by atoms with Crippen molar-refractivity contribution in [3.8, 4) is 5.75 Å². The Hall–Kier alpha value is -2.55. The molecule has 27 heavy (non-hydrogen) atoms. The van der Waals surface area contributed by atoms with E-state index in [1.165, 1.54) is 11.3 Å². The molecule has 2 aromatic heterocycles. The van der Waals surface area contributed by atoms with Gasteiger partial charge in [0.2, 0.25) is 5.13 Å². The van der Waals surface area contributed by atoms with Crippen LogP contribution >= 0.6 is 22.9 Å². The zero-order valence-corrected chi connectivity index (χ0v) is 15.8. The minimum atomic E-state index is -0.300. The highest BCUT2D eigenvalue weighted by Gasteiger charge is 2.16. The fourth-order valence-corrected chi connectivity index (χ4v) is 3.53.